The van der Waals surface area contributed by atoms with Gasteiger partial charge in [-0.15, -0.1) is 0 Å². The first-order chi connectivity index (χ1) is 14.8. The van der Waals surface area contributed by atoms with Crippen LogP contribution in [0, 0.1) is 11.8 Å². The molecule has 6 heteroatoms. The molecular formula is C25H30O6. The van der Waals surface area contributed by atoms with Crippen LogP contribution in [-0.2, 0) is 19.1 Å². The monoisotopic (exact) mass is 426 g/mol. The van der Waals surface area contributed by atoms with Gasteiger partial charge in [0.1, 0.15) is 12.3 Å². The average Bonchev–Trinajstić information content (AvgIpc) is 2.75. The average molecular weight is 427 g/mol. The molecule has 0 spiro atoms. The van der Waals surface area contributed by atoms with Crippen molar-refractivity contribution in [3.8, 4) is 0 Å². The van der Waals surface area contributed by atoms with E-state index in [9.17, 15) is 19.2 Å². The molecule has 0 saturated carbocycles. The molecule has 0 radical (unpaired) electrons. The van der Waals surface area contributed by atoms with Gasteiger partial charge >= 0.3 is 11.9 Å². The fourth-order valence-corrected chi connectivity index (χ4v) is 2.77. The molecule has 6 nitrogen and oxygen atoms in total. The molecule has 166 valence electrons. The van der Waals surface area contributed by atoms with Crippen LogP contribution in [0.1, 0.15) is 54.8 Å². The third-order valence-corrected chi connectivity index (χ3v) is 4.25. The fraction of sp³-hybridized carbons (Fsp3) is 0.360. The highest BCUT2D eigenvalue weighted by Crippen LogP contribution is 2.19. The number of esters is 2. The van der Waals surface area contributed by atoms with Crippen LogP contribution in [0.4, 0.5) is 0 Å². The summed E-state index contributed by atoms with van der Waals surface area (Å²) in [7, 11) is 0. The second-order valence-corrected chi connectivity index (χ2v) is 6.98. The maximum Gasteiger partial charge on any atom is 0.317 e. The lowest BCUT2D eigenvalue weighted by atomic mass is 9.88. The Morgan fingerprint density at radius 2 is 1.23 bits per heavy atom. The summed E-state index contributed by atoms with van der Waals surface area (Å²) in [5, 5.41) is 0. The Kier molecular flexibility index (Phi) is 11.5. The molecule has 0 aliphatic heterocycles. The predicted molar refractivity (Wildman–Crippen MR) is 118 cm³/mol. The number of carbonyl (C=O) groups excluding carboxylic acids is 4. The molecule has 1 unspecified atom stereocenters. The van der Waals surface area contributed by atoms with E-state index in [1.807, 2.05) is 26.0 Å². The first-order valence-electron chi connectivity index (χ1n) is 10.3. The van der Waals surface area contributed by atoms with Gasteiger partial charge in [-0.3, -0.25) is 19.2 Å². The summed E-state index contributed by atoms with van der Waals surface area (Å²) in [4.78, 5) is 46.4. The van der Waals surface area contributed by atoms with Crippen molar-refractivity contribution < 1.29 is 28.7 Å². The van der Waals surface area contributed by atoms with Gasteiger partial charge in [-0.1, -0.05) is 74.5 Å². The van der Waals surface area contributed by atoms with Gasteiger partial charge in [0.15, 0.2) is 11.6 Å². The predicted octanol–water partition coefficient (Wildman–Crippen LogP) is 4.53. The molecule has 2 rings (SSSR count). The number of ether oxygens (including phenoxy) is 2. The molecule has 2 aromatic carbocycles. The van der Waals surface area contributed by atoms with Crippen LogP contribution in [0.25, 0.3) is 0 Å². The van der Waals surface area contributed by atoms with Crippen LogP contribution in [0.15, 0.2) is 60.7 Å². The molecular weight excluding hydrogens is 396 g/mol. The zero-order valence-electron chi connectivity index (χ0n) is 18.5. The molecule has 1 atom stereocenters. The van der Waals surface area contributed by atoms with E-state index >= 15 is 0 Å². The minimum atomic E-state index is -0.711. The van der Waals surface area contributed by atoms with Crippen molar-refractivity contribution in [3.05, 3.63) is 71.8 Å². The minimum Gasteiger partial charge on any atom is -0.466 e. The maximum atomic E-state index is 12.2. The number of rotatable bonds is 9. The van der Waals surface area contributed by atoms with Gasteiger partial charge in [-0.25, -0.2) is 0 Å². The zero-order valence-corrected chi connectivity index (χ0v) is 18.5. The van der Waals surface area contributed by atoms with E-state index in [2.05, 4.69) is 4.74 Å². The third kappa shape index (κ3) is 8.95. The summed E-state index contributed by atoms with van der Waals surface area (Å²) in [6, 6.07) is 17.6. The van der Waals surface area contributed by atoms with E-state index in [-0.39, 0.29) is 23.9 Å². The van der Waals surface area contributed by atoms with Crippen LogP contribution in [0.5, 0.6) is 0 Å². The number of hydrogen-bond donors (Lipinski definition) is 0. The van der Waals surface area contributed by atoms with Crippen molar-refractivity contribution in [1.82, 2.24) is 0 Å². The molecule has 0 aromatic heterocycles. The fourth-order valence-electron chi connectivity index (χ4n) is 2.77. The summed E-state index contributed by atoms with van der Waals surface area (Å²) >= 11 is 0. The molecule has 0 heterocycles. The Labute approximate surface area is 183 Å². The summed E-state index contributed by atoms with van der Waals surface area (Å²) in [5.41, 5.74) is 1.10. The van der Waals surface area contributed by atoms with Gasteiger partial charge in [-0.05, 0) is 19.8 Å². The largest absolute Gasteiger partial charge is 0.466 e. The van der Waals surface area contributed by atoms with E-state index in [0.29, 0.717) is 24.3 Å². The van der Waals surface area contributed by atoms with Crippen molar-refractivity contribution >= 4 is 23.5 Å². The smallest absolute Gasteiger partial charge is 0.317 e. The molecule has 0 bridgehead atoms. The number of ketones is 2. The molecule has 0 fully saturated rings. The number of hydrogen-bond acceptors (Lipinski definition) is 6. The van der Waals surface area contributed by atoms with Crippen LogP contribution in [-0.4, -0.2) is 36.7 Å². The Bertz CT molecular complexity index is 843. The SMILES string of the molecule is CCOC(=O)C(C(=O)c1ccccc1)C(C)C.CCOC(=O)CC(=O)c1ccccc1. The second kappa shape index (κ2) is 13.9. The van der Waals surface area contributed by atoms with Crippen LogP contribution >= 0.6 is 0 Å². The standard InChI is InChI=1S/C14H18O3.C11H12O3/c1-4-17-14(16)12(10(2)3)13(15)11-8-6-5-7-9-11;1-2-14-11(13)8-10(12)9-6-4-3-5-7-9/h5-10,12H,4H2,1-3H3;3-7H,2,8H2,1H3. The van der Waals surface area contributed by atoms with Gasteiger partial charge in [-0.2, -0.15) is 0 Å². The summed E-state index contributed by atoms with van der Waals surface area (Å²) < 4.78 is 9.62. The summed E-state index contributed by atoms with van der Waals surface area (Å²) in [5.74, 6) is -2.06. The Balaban J connectivity index is 0.000000316. The van der Waals surface area contributed by atoms with Crippen LogP contribution in [0.2, 0.25) is 0 Å². The lowest BCUT2D eigenvalue weighted by Crippen LogP contribution is -2.30. The van der Waals surface area contributed by atoms with Crippen molar-refractivity contribution in [2.24, 2.45) is 11.8 Å². The Morgan fingerprint density at radius 1 is 0.742 bits per heavy atom. The van der Waals surface area contributed by atoms with Crippen LogP contribution < -0.4 is 0 Å². The van der Waals surface area contributed by atoms with E-state index in [1.54, 1.807) is 62.4 Å². The van der Waals surface area contributed by atoms with Gasteiger partial charge in [0.2, 0.25) is 0 Å². The number of carbonyl (C=O) groups is 4. The number of benzene rings is 2. The quantitative estimate of drug-likeness (QED) is 0.333. The van der Waals surface area contributed by atoms with Crippen molar-refractivity contribution in [2.75, 3.05) is 13.2 Å². The third-order valence-electron chi connectivity index (χ3n) is 4.25. The van der Waals surface area contributed by atoms with Gasteiger partial charge in [0.25, 0.3) is 0 Å². The molecule has 0 N–H and O–H groups in total. The van der Waals surface area contributed by atoms with Crippen molar-refractivity contribution in [2.45, 2.75) is 34.1 Å². The molecule has 0 saturated heterocycles. The molecule has 0 aliphatic carbocycles. The van der Waals surface area contributed by atoms with Crippen molar-refractivity contribution in [3.63, 3.8) is 0 Å². The highest BCUT2D eigenvalue weighted by atomic mass is 16.5. The molecule has 0 amide bonds. The first-order valence-corrected chi connectivity index (χ1v) is 10.3. The van der Waals surface area contributed by atoms with Crippen molar-refractivity contribution in [1.29, 1.82) is 0 Å². The molecule has 2 aromatic rings. The number of Topliss-reactive ketones (excluding diaryl/α,β-unsaturated/α-hetero) is 2. The van der Waals surface area contributed by atoms with Crippen LogP contribution in [0.3, 0.4) is 0 Å². The summed E-state index contributed by atoms with van der Waals surface area (Å²) in [6.07, 6.45) is -0.183. The Morgan fingerprint density at radius 3 is 1.68 bits per heavy atom. The molecule has 0 aliphatic rings. The normalized spacial score (nSPS) is 11.0. The topological polar surface area (TPSA) is 86.7 Å². The van der Waals surface area contributed by atoms with E-state index in [1.165, 1.54) is 0 Å². The van der Waals surface area contributed by atoms with Gasteiger partial charge in [0, 0.05) is 11.1 Å². The lowest BCUT2D eigenvalue weighted by molar-refractivity contribution is -0.147. The zero-order chi connectivity index (χ0) is 23.2. The second-order valence-electron chi connectivity index (χ2n) is 6.98. The summed E-state index contributed by atoms with van der Waals surface area (Å²) in [6.45, 7) is 7.75. The van der Waals surface area contributed by atoms with E-state index in [4.69, 9.17) is 4.74 Å². The van der Waals surface area contributed by atoms with Gasteiger partial charge < -0.3 is 9.47 Å². The Hall–Kier alpha value is -3.28. The maximum absolute atomic E-state index is 12.2. The lowest BCUT2D eigenvalue weighted by Gasteiger charge is -2.17. The van der Waals surface area contributed by atoms with E-state index < -0.39 is 17.9 Å². The van der Waals surface area contributed by atoms with Gasteiger partial charge in [0.05, 0.1) is 13.2 Å². The van der Waals surface area contributed by atoms with E-state index in [0.717, 1.165) is 0 Å². The first kappa shape index (κ1) is 25.8. The minimum absolute atomic E-state index is 0.0678. The molecule has 31 heavy (non-hydrogen) atoms. The highest BCUT2D eigenvalue weighted by Gasteiger charge is 2.31. The highest BCUT2D eigenvalue weighted by molar-refractivity contribution is 6.08.